The maximum atomic E-state index is 10.2. The van der Waals surface area contributed by atoms with Gasteiger partial charge in [-0.05, 0) is 29.1 Å². The third-order valence-electron chi connectivity index (χ3n) is 1.26. The molecule has 0 fully saturated rings. The number of hydrogen-bond acceptors (Lipinski definition) is 3. The zero-order valence-electron chi connectivity index (χ0n) is 6.88. The van der Waals surface area contributed by atoms with Crippen molar-refractivity contribution in [2.45, 2.75) is 6.92 Å². The van der Waals surface area contributed by atoms with E-state index in [4.69, 9.17) is 4.55 Å². The summed E-state index contributed by atoms with van der Waals surface area (Å²) in [5.41, 5.74) is 1.32. The largest absolute Gasteiger partial charge is 0.396 e. The molecule has 0 saturated heterocycles. The molecule has 0 aliphatic rings. The van der Waals surface area contributed by atoms with E-state index in [1.807, 2.05) is 13.0 Å². The molecule has 70 valence electrons. The molecular formula is C7H8N2O3S. The van der Waals surface area contributed by atoms with Gasteiger partial charge in [-0.2, -0.15) is 8.42 Å². The Balaban J connectivity index is 2.93. The molecular weight excluding hydrogens is 192 g/mol. The molecule has 0 amide bonds. The van der Waals surface area contributed by atoms with Crippen LogP contribution in [-0.2, 0) is 10.3 Å². The Morgan fingerprint density at radius 3 is 2.62 bits per heavy atom. The highest BCUT2D eigenvalue weighted by Crippen LogP contribution is 2.14. The number of aryl methyl sites for hydroxylation is 1. The Kier molecular flexibility index (Phi) is 2.74. The summed E-state index contributed by atoms with van der Waals surface area (Å²) in [6.07, 6.45) is 0. The van der Waals surface area contributed by atoms with E-state index in [-0.39, 0.29) is 0 Å². The lowest BCUT2D eigenvalue weighted by Gasteiger charge is -1.92. The third-order valence-corrected chi connectivity index (χ3v) is 1.55. The normalized spacial score (nSPS) is 12.2. The molecule has 0 heterocycles. The minimum atomic E-state index is -4.38. The standard InChI is InChI=1S/C7H8N2O3S/c1-6-3-2-4-7(5-6)8-9-13(10,11)12/h2-5H,1H3,(H,10,11,12). The van der Waals surface area contributed by atoms with E-state index >= 15 is 0 Å². The molecule has 5 nitrogen and oxygen atoms in total. The van der Waals surface area contributed by atoms with E-state index in [2.05, 4.69) is 9.63 Å². The molecule has 1 rings (SSSR count). The summed E-state index contributed by atoms with van der Waals surface area (Å²) in [6, 6.07) is 6.79. The van der Waals surface area contributed by atoms with E-state index < -0.39 is 10.3 Å². The van der Waals surface area contributed by atoms with Gasteiger partial charge in [0.25, 0.3) is 0 Å². The number of rotatable bonds is 2. The Bertz CT molecular complexity index is 425. The fourth-order valence-corrected chi connectivity index (χ4v) is 0.986. The Morgan fingerprint density at radius 1 is 1.38 bits per heavy atom. The molecule has 1 aromatic carbocycles. The van der Waals surface area contributed by atoms with E-state index in [0.29, 0.717) is 5.69 Å². The van der Waals surface area contributed by atoms with Crippen molar-refractivity contribution < 1.29 is 13.0 Å². The molecule has 0 aliphatic heterocycles. The summed E-state index contributed by atoms with van der Waals surface area (Å²) in [4.78, 5) is 0. The second kappa shape index (κ2) is 3.63. The molecule has 0 radical (unpaired) electrons. The van der Waals surface area contributed by atoms with E-state index in [0.717, 1.165) is 5.56 Å². The van der Waals surface area contributed by atoms with Gasteiger partial charge in [-0.3, -0.25) is 4.55 Å². The van der Waals surface area contributed by atoms with Crippen LogP contribution in [0, 0.1) is 6.92 Å². The summed E-state index contributed by atoms with van der Waals surface area (Å²) in [7, 11) is -4.38. The molecule has 0 spiro atoms. The van der Waals surface area contributed by atoms with Gasteiger partial charge in [-0.1, -0.05) is 12.1 Å². The van der Waals surface area contributed by atoms with Crippen molar-refractivity contribution in [3.05, 3.63) is 29.8 Å². The highest BCUT2D eigenvalue weighted by molar-refractivity contribution is 7.84. The molecule has 0 aromatic heterocycles. The predicted molar refractivity (Wildman–Crippen MR) is 47.2 cm³/mol. The van der Waals surface area contributed by atoms with Gasteiger partial charge in [0.05, 0.1) is 5.69 Å². The predicted octanol–water partition coefficient (Wildman–Crippen LogP) is 1.88. The maximum Gasteiger partial charge on any atom is 0.396 e. The molecule has 1 aromatic rings. The van der Waals surface area contributed by atoms with Crippen molar-refractivity contribution in [2.24, 2.45) is 9.63 Å². The fraction of sp³-hybridized carbons (Fsp3) is 0.143. The number of benzene rings is 1. The monoisotopic (exact) mass is 200 g/mol. The second-order valence-corrected chi connectivity index (χ2v) is 3.53. The lowest BCUT2D eigenvalue weighted by Crippen LogP contribution is -1.87. The smallest absolute Gasteiger partial charge is 0.267 e. The first-order valence-corrected chi connectivity index (χ1v) is 4.84. The van der Waals surface area contributed by atoms with E-state index in [1.165, 1.54) is 0 Å². The van der Waals surface area contributed by atoms with Crippen LogP contribution in [0.25, 0.3) is 0 Å². The molecule has 0 saturated carbocycles. The summed E-state index contributed by atoms with van der Waals surface area (Å²) in [5.74, 6) is 0. The summed E-state index contributed by atoms with van der Waals surface area (Å²) < 4.78 is 31.3. The van der Waals surface area contributed by atoms with Gasteiger partial charge in [-0.25, -0.2) is 0 Å². The van der Waals surface area contributed by atoms with Crippen molar-refractivity contribution in [2.75, 3.05) is 0 Å². The van der Waals surface area contributed by atoms with Crippen LogP contribution in [0.1, 0.15) is 5.56 Å². The highest BCUT2D eigenvalue weighted by Gasteiger charge is 1.98. The minimum Gasteiger partial charge on any atom is -0.267 e. The molecule has 0 bridgehead atoms. The van der Waals surface area contributed by atoms with Crippen molar-refractivity contribution in [1.82, 2.24) is 0 Å². The van der Waals surface area contributed by atoms with Gasteiger partial charge in [0.15, 0.2) is 0 Å². The highest BCUT2D eigenvalue weighted by atomic mass is 32.2. The van der Waals surface area contributed by atoms with Crippen LogP contribution in [0.4, 0.5) is 5.69 Å². The van der Waals surface area contributed by atoms with Crippen LogP contribution < -0.4 is 0 Å². The second-order valence-electron chi connectivity index (χ2n) is 2.47. The Labute approximate surface area is 76.0 Å². The molecule has 0 atom stereocenters. The van der Waals surface area contributed by atoms with Crippen LogP contribution in [0.5, 0.6) is 0 Å². The van der Waals surface area contributed by atoms with E-state index in [9.17, 15) is 8.42 Å². The topological polar surface area (TPSA) is 79.1 Å². The van der Waals surface area contributed by atoms with Crippen LogP contribution in [-0.4, -0.2) is 13.0 Å². The van der Waals surface area contributed by atoms with Gasteiger partial charge < -0.3 is 0 Å². The molecule has 0 aliphatic carbocycles. The van der Waals surface area contributed by atoms with Crippen molar-refractivity contribution in [3.63, 3.8) is 0 Å². The minimum absolute atomic E-state index is 0.387. The first-order valence-electron chi connectivity index (χ1n) is 3.44. The van der Waals surface area contributed by atoms with E-state index in [1.54, 1.807) is 18.2 Å². The van der Waals surface area contributed by atoms with Gasteiger partial charge in [-0.15, -0.1) is 5.11 Å². The fourth-order valence-electron chi connectivity index (χ4n) is 0.789. The van der Waals surface area contributed by atoms with Gasteiger partial charge in [0, 0.05) is 0 Å². The average Bonchev–Trinajstić information content (AvgIpc) is 2.00. The quantitative estimate of drug-likeness (QED) is 0.584. The lowest BCUT2D eigenvalue weighted by molar-refractivity contribution is 0.482. The van der Waals surface area contributed by atoms with Crippen molar-refractivity contribution in [1.29, 1.82) is 0 Å². The first-order chi connectivity index (χ1) is 5.97. The van der Waals surface area contributed by atoms with Gasteiger partial charge in [0.2, 0.25) is 0 Å². The first kappa shape index (κ1) is 9.82. The zero-order chi connectivity index (χ0) is 9.90. The Hall–Kier alpha value is -1.27. The molecule has 1 N–H and O–H groups in total. The molecule has 0 unspecified atom stereocenters. The van der Waals surface area contributed by atoms with Gasteiger partial charge >= 0.3 is 10.3 Å². The summed E-state index contributed by atoms with van der Waals surface area (Å²) in [6.45, 7) is 1.84. The van der Waals surface area contributed by atoms with Crippen LogP contribution >= 0.6 is 0 Å². The van der Waals surface area contributed by atoms with Gasteiger partial charge in [0.1, 0.15) is 0 Å². The van der Waals surface area contributed by atoms with Crippen molar-refractivity contribution >= 4 is 16.0 Å². The zero-order valence-corrected chi connectivity index (χ0v) is 7.69. The number of nitrogens with zero attached hydrogens (tertiary/aromatic N) is 2. The van der Waals surface area contributed by atoms with Crippen molar-refractivity contribution in [3.8, 4) is 0 Å². The Morgan fingerprint density at radius 2 is 2.08 bits per heavy atom. The summed E-state index contributed by atoms with van der Waals surface area (Å²) in [5, 5.41) is 3.33. The number of hydrogen-bond donors (Lipinski definition) is 1. The molecule has 13 heavy (non-hydrogen) atoms. The average molecular weight is 200 g/mol. The SMILES string of the molecule is Cc1cccc(N=NS(=O)(=O)O)c1. The van der Waals surface area contributed by atoms with Crippen LogP contribution in [0.2, 0.25) is 0 Å². The van der Waals surface area contributed by atoms with Crippen LogP contribution in [0.3, 0.4) is 0 Å². The molecule has 6 heteroatoms. The third kappa shape index (κ3) is 3.77. The lowest BCUT2D eigenvalue weighted by atomic mass is 10.2. The van der Waals surface area contributed by atoms with Crippen LogP contribution in [0.15, 0.2) is 33.9 Å². The summed E-state index contributed by atoms with van der Waals surface area (Å²) >= 11 is 0. The maximum absolute atomic E-state index is 10.2.